The second-order valence-electron chi connectivity index (χ2n) is 9.08. The molecule has 2 heterocycles. The minimum Gasteiger partial charge on any atom is -0.462 e. The Labute approximate surface area is 228 Å². The maximum atomic E-state index is 13.8. The molecule has 2 aromatic rings. The molecular weight excluding hydrogens is 557 g/mol. The van der Waals surface area contributed by atoms with Crippen LogP contribution in [0.4, 0.5) is 5.82 Å². The number of aliphatic hydroxyl groups is 1. The number of rotatable bonds is 11. The molecule has 0 amide bonds. The topological polar surface area (TPSA) is 213 Å². The SMILES string of the molecule is CC(C)OC(=O)[C@H](C)NP(=O)(OC[C@H]1OC(n2ccc(N)nc2=O)[C@](C)(N=[N+]=[N-])[C@@H]1O)Oc1ccccc1Cl. The van der Waals surface area contributed by atoms with Crippen molar-refractivity contribution in [3.8, 4) is 5.75 Å². The van der Waals surface area contributed by atoms with Crippen LogP contribution in [0.25, 0.3) is 10.4 Å². The number of para-hydroxylation sites is 1. The van der Waals surface area contributed by atoms with E-state index < -0.39 is 62.1 Å². The quantitative estimate of drug-likeness (QED) is 0.115. The van der Waals surface area contributed by atoms with Gasteiger partial charge in [-0.05, 0) is 51.4 Å². The highest BCUT2D eigenvalue weighted by molar-refractivity contribution is 7.52. The zero-order chi connectivity index (χ0) is 29.0. The van der Waals surface area contributed by atoms with Crippen LogP contribution in [0, 0.1) is 0 Å². The van der Waals surface area contributed by atoms with Crippen LogP contribution in [0.1, 0.15) is 33.9 Å². The Bertz CT molecular complexity index is 1350. The first-order valence-electron chi connectivity index (χ1n) is 11.7. The number of esters is 1. The van der Waals surface area contributed by atoms with E-state index >= 15 is 0 Å². The molecule has 2 unspecified atom stereocenters. The minimum atomic E-state index is -4.39. The van der Waals surface area contributed by atoms with Crippen molar-refractivity contribution in [2.24, 2.45) is 5.11 Å². The van der Waals surface area contributed by atoms with Crippen LogP contribution in [-0.4, -0.2) is 57.1 Å². The summed E-state index contributed by atoms with van der Waals surface area (Å²) >= 11 is 6.15. The average molecular weight is 586 g/mol. The summed E-state index contributed by atoms with van der Waals surface area (Å²) in [7, 11) is -4.39. The molecule has 0 saturated carbocycles. The van der Waals surface area contributed by atoms with Crippen LogP contribution in [0.3, 0.4) is 0 Å². The van der Waals surface area contributed by atoms with Crippen molar-refractivity contribution in [1.29, 1.82) is 0 Å². The van der Waals surface area contributed by atoms with Gasteiger partial charge >= 0.3 is 19.4 Å². The molecule has 0 aliphatic carbocycles. The van der Waals surface area contributed by atoms with Gasteiger partial charge in [0.05, 0.1) is 23.8 Å². The second kappa shape index (κ2) is 12.3. The number of aromatic nitrogens is 2. The van der Waals surface area contributed by atoms with E-state index in [1.165, 1.54) is 38.2 Å². The Kier molecular flexibility index (Phi) is 9.62. The fourth-order valence-electron chi connectivity index (χ4n) is 3.72. The molecule has 1 fully saturated rings. The lowest BCUT2D eigenvalue weighted by atomic mass is 9.93. The second-order valence-corrected chi connectivity index (χ2v) is 11.2. The lowest BCUT2D eigenvalue weighted by molar-refractivity contribution is -0.149. The van der Waals surface area contributed by atoms with E-state index in [9.17, 15) is 19.3 Å². The number of anilines is 1. The number of ether oxygens (including phenoxy) is 2. The molecule has 15 nitrogen and oxygen atoms in total. The maximum absolute atomic E-state index is 13.8. The molecule has 1 aliphatic heterocycles. The van der Waals surface area contributed by atoms with Crippen LogP contribution in [0.5, 0.6) is 5.75 Å². The third-order valence-corrected chi connectivity index (χ3v) is 7.58. The summed E-state index contributed by atoms with van der Waals surface area (Å²) < 4.78 is 37.0. The summed E-state index contributed by atoms with van der Waals surface area (Å²) in [5.41, 5.74) is 12.2. The van der Waals surface area contributed by atoms with Crippen LogP contribution in [0.2, 0.25) is 5.02 Å². The first-order valence-corrected chi connectivity index (χ1v) is 13.6. The fourth-order valence-corrected chi connectivity index (χ4v) is 5.47. The highest BCUT2D eigenvalue weighted by atomic mass is 35.5. The number of azide groups is 1. The van der Waals surface area contributed by atoms with E-state index in [0.29, 0.717) is 0 Å². The number of nitrogen functional groups attached to an aromatic ring is 1. The van der Waals surface area contributed by atoms with Gasteiger partial charge in [0.25, 0.3) is 0 Å². The highest BCUT2D eigenvalue weighted by Gasteiger charge is 2.55. The largest absolute Gasteiger partial charge is 0.462 e. The molecule has 1 aromatic carbocycles. The Balaban J connectivity index is 1.89. The van der Waals surface area contributed by atoms with Gasteiger partial charge in [0.15, 0.2) is 6.23 Å². The summed E-state index contributed by atoms with van der Waals surface area (Å²) in [6.07, 6.45) is -3.31. The number of carbonyl (C=O) groups is 1. The molecule has 0 bridgehead atoms. The molecule has 1 aromatic heterocycles. The lowest BCUT2D eigenvalue weighted by Gasteiger charge is -2.28. The standard InChI is InChI=1S/C22H29ClN7O8P/c1-12(2)36-19(32)13(3)27-39(34,38-15-8-6-5-7-14(15)23)35-11-16-18(31)22(4,28-29-25)20(37-16)30-10-9-17(24)26-21(30)33/h5-10,12-13,16,18,20,31H,11H2,1-4H3,(H,27,34)(H2,24,26,33)/t13-,16+,18+,20?,22+,39?/m0/s1. The third-order valence-electron chi connectivity index (χ3n) is 5.64. The van der Waals surface area contributed by atoms with E-state index in [4.69, 9.17) is 41.4 Å². The van der Waals surface area contributed by atoms with Crippen LogP contribution in [0.15, 0.2) is 46.4 Å². The Morgan fingerprint density at radius 2 is 2.10 bits per heavy atom. The Morgan fingerprint density at radius 3 is 2.72 bits per heavy atom. The first-order chi connectivity index (χ1) is 18.3. The number of hydrogen-bond donors (Lipinski definition) is 3. The summed E-state index contributed by atoms with van der Waals surface area (Å²) in [6.45, 7) is 5.48. The molecule has 39 heavy (non-hydrogen) atoms. The monoisotopic (exact) mass is 585 g/mol. The van der Waals surface area contributed by atoms with Gasteiger partial charge in [0, 0.05) is 11.1 Å². The molecule has 3 rings (SSSR count). The number of nitrogens with zero attached hydrogens (tertiary/aromatic N) is 5. The van der Waals surface area contributed by atoms with Gasteiger partial charge in [-0.15, -0.1) is 0 Å². The van der Waals surface area contributed by atoms with Crippen molar-refractivity contribution >= 4 is 31.1 Å². The number of hydrogen-bond acceptors (Lipinski definition) is 11. The van der Waals surface area contributed by atoms with E-state index in [1.54, 1.807) is 26.0 Å². The average Bonchev–Trinajstić information content (AvgIpc) is 3.09. The third kappa shape index (κ3) is 7.08. The predicted octanol–water partition coefficient (Wildman–Crippen LogP) is 2.94. The van der Waals surface area contributed by atoms with Crippen LogP contribution < -0.4 is 21.0 Å². The van der Waals surface area contributed by atoms with Crippen molar-refractivity contribution in [2.75, 3.05) is 12.3 Å². The smallest absolute Gasteiger partial charge is 0.459 e. The maximum Gasteiger partial charge on any atom is 0.459 e. The molecule has 17 heteroatoms. The van der Waals surface area contributed by atoms with Crippen LogP contribution >= 0.6 is 19.3 Å². The van der Waals surface area contributed by atoms with Crippen LogP contribution in [-0.2, 0) is 23.4 Å². The number of carbonyl (C=O) groups excluding carboxylic acids is 1. The molecule has 212 valence electrons. The van der Waals surface area contributed by atoms with Gasteiger partial charge in [-0.2, -0.15) is 10.1 Å². The highest BCUT2D eigenvalue weighted by Crippen LogP contribution is 2.48. The normalized spacial score (nSPS) is 24.9. The van der Waals surface area contributed by atoms with Crippen molar-refractivity contribution in [1.82, 2.24) is 14.6 Å². The number of nitrogens with one attached hydrogen (secondary N) is 1. The molecule has 0 spiro atoms. The van der Waals surface area contributed by atoms with Gasteiger partial charge in [-0.1, -0.05) is 28.8 Å². The minimum absolute atomic E-state index is 0.0105. The molecular formula is C22H29ClN7O8P. The number of aliphatic hydroxyl groups excluding tert-OH is 1. The fraction of sp³-hybridized carbons (Fsp3) is 0.500. The van der Waals surface area contributed by atoms with Crippen molar-refractivity contribution in [3.05, 3.63) is 62.5 Å². The number of benzene rings is 1. The van der Waals surface area contributed by atoms with Gasteiger partial charge in [0.1, 0.15) is 29.3 Å². The summed E-state index contributed by atoms with van der Waals surface area (Å²) in [5, 5.41) is 17.3. The van der Waals surface area contributed by atoms with Gasteiger partial charge in [-0.3, -0.25) is 13.9 Å². The predicted molar refractivity (Wildman–Crippen MR) is 140 cm³/mol. The number of nitrogens with two attached hydrogens (primary N) is 1. The van der Waals surface area contributed by atoms with E-state index in [1.807, 2.05) is 0 Å². The first kappa shape index (κ1) is 30.4. The Morgan fingerprint density at radius 1 is 1.41 bits per heavy atom. The molecule has 1 aliphatic rings. The van der Waals surface area contributed by atoms with Crippen molar-refractivity contribution in [3.63, 3.8) is 0 Å². The van der Waals surface area contributed by atoms with Crippen molar-refractivity contribution < 1.29 is 33.0 Å². The Hall–Kier alpha value is -3.16. The molecule has 4 N–H and O–H groups in total. The lowest BCUT2D eigenvalue weighted by Crippen LogP contribution is -2.45. The summed E-state index contributed by atoms with van der Waals surface area (Å²) in [5.74, 6) is -0.780. The number of halogens is 1. The zero-order valence-corrected chi connectivity index (χ0v) is 23.2. The molecule has 1 saturated heterocycles. The molecule has 0 radical (unpaired) electrons. The van der Waals surface area contributed by atoms with E-state index in [-0.39, 0.29) is 16.6 Å². The van der Waals surface area contributed by atoms with Gasteiger partial charge < -0.3 is 24.8 Å². The van der Waals surface area contributed by atoms with Gasteiger partial charge in [0.2, 0.25) is 0 Å². The van der Waals surface area contributed by atoms with Gasteiger partial charge in [-0.25, -0.2) is 9.36 Å². The zero-order valence-electron chi connectivity index (χ0n) is 21.5. The summed E-state index contributed by atoms with van der Waals surface area (Å²) in [4.78, 5) is 31.2. The van der Waals surface area contributed by atoms with E-state index in [0.717, 1.165) is 4.57 Å². The van der Waals surface area contributed by atoms with E-state index in [2.05, 4.69) is 20.1 Å². The van der Waals surface area contributed by atoms with Crippen molar-refractivity contribution in [2.45, 2.75) is 63.8 Å². The summed E-state index contributed by atoms with van der Waals surface area (Å²) in [6, 6.07) is 6.33. The molecule has 6 atom stereocenters.